The third-order valence-electron chi connectivity index (χ3n) is 2.43. The van der Waals surface area contributed by atoms with Gasteiger partial charge in [0.05, 0.1) is 15.8 Å². The first kappa shape index (κ1) is 14.3. The van der Waals surface area contributed by atoms with Crippen molar-refractivity contribution >= 4 is 27.3 Å². The van der Waals surface area contributed by atoms with Crippen LogP contribution in [0.3, 0.4) is 0 Å². The van der Waals surface area contributed by atoms with E-state index in [0.717, 1.165) is 38.1 Å². The van der Waals surface area contributed by atoms with E-state index in [4.69, 9.17) is 10.5 Å². The lowest BCUT2D eigenvalue weighted by atomic mass is 10.2. The van der Waals surface area contributed by atoms with Crippen LogP contribution < -0.4 is 11.1 Å². The highest BCUT2D eigenvalue weighted by atomic mass is 79.9. The van der Waals surface area contributed by atoms with Gasteiger partial charge in [-0.05, 0) is 41.3 Å². The molecule has 3 nitrogen and oxygen atoms in total. The van der Waals surface area contributed by atoms with E-state index in [0.29, 0.717) is 10.2 Å². The normalized spacial score (nSPS) is 10.5. The van der Waals surface area contributed by atoms with Gasteiger partial charge in [-0.3, -0.25) is 0 Å². The van der Waals surface area contributed by atoms with Crippen LogP contribution >= 0.6 is 15.9 Å². The SMILES string of the molecule is COCCCCCNc1cc(Br)c(F)cc1N. The number of halogens is 2. The van der Waals surface area contributed by atoms with Gasteiger partial charge in [0.25, 0.3) is 0 Å². The summed E-state index contributed by atoms with van der Waals surface area (Å²) in [6.07, 6.45) is 3.20. The standard InChI is InChI=1S/C12H18BrFN2O/c1-17-6-4-2-3-5-16-12-7-9(13)10(14)8-11(12)15/h7-8,16H,2-6,15H2,1H3. The zero-order valence-corrected chi connectivity index (χ0v) is 11.5. The smallest absolute Gasteiger partial charge is 0.139 e. The Bertz CT molecular complexity index is 361. The summed E-state index contributed by atoms with van der Waals surface area (Å²) in [7, 11) is 1.70. The highest BCUT2D eigenvalue weighted by Crippen LogP contribution is 2.26. The number of methoxy groups -OCH3 is 1. The quantitative estimate of drug-likeness (QED) is 0.599. The Balaban J connectivity index is 2.34. The first-order chi connectivity index (χ1) is 8.15. The summed E-state index contributed by atoms with van der Waals surface area (Å²) in [6.45, 7) is 1.62. The third-order valence-corrected chi connectivity index (χ3v) is 3.04. The molecule has 1 aromatic rings. The minimum atomic E-state index is -0.340. The van der Waals surface area contributed by atoms with Gasteiger partial charge in [0, 0.05) is 26.3 Å². The number of anilines is 2. The van der Waals surface area contributed by atoms with Crippen molar-refractivity contribution in [3.8, 4) is 0 Å². The number of nitrogens with two attached hydrogens (primary N) is 1. The van der Waals surface area contributed by atoms with Crippen molar-refractivity contribution in [2.75, 3.05) is 31.3 Å². The van der Waals surface area contributed by atoms with Crippen molar-refractivity contribution < 1.29 is 9.13 Å². The second-order valence-electron chi connectivity index (χ2n) is 3.83. The summed E-state index contributed by atoms with van der Waals surface area (Å²) in [4.78, 5) is 0. The molecule has 0 aliphatic heterocycles. The number of unbranched alkanes of at least 4 members (excludes halogenated alkanes) is 2. The fourth-order valence-corrected chi connectivity index (χ4v) is 1.83. The number of hydrogen-bond donors (Lipinski definition) is 2. The summed E-state index contributed by atoms with van der Waals surface area (Å²) in [5, 5.41) is 3.20. The highest BCUT2D eigenvalue weighted by Gasteiger charge is 2.05. The zero-order valence-electron chi connectivity index (χ0n) is 9.93. The number of rotatable bonds is 7. The molecule has 0 spiro atoms. The molecule has 0 saturated heterocycles. The van der Waals surface area contributed by atoms with E-state index in [-0.39, 0.29) is 5.82 Å². The molecular weight excluding hydrogens is 287 g/mol. The Morgan fingerprint density at radius 2 is 2.12 bits per heavy atom. The molecule has 1 aromatic carbocycles. The summed E-state index contributed by atoms with van der Waals surface area (Å²) < 4.78 is 18.5. The molecule has 0 atom stereocenters. The van der Waals surface area contributed by atoms with Gasteiger partial charge in [0.2, 0.25) is 0 Å². The lowest BCUT2D eigenvalue weighted by Crippen LogP contribution is -2.05. The van der Waals surface area contributed by atoms with E-state index >= 15 is 0 Å². The highest BCUT2D eigenvalue weighted by molar-refractivity contribution is 9.10. The molecule has 0 aromatic heterocycles. The Hall–Kier alpha value is -0.810. The summed E-state index contributed by atoms with van der Waals surface area (Å²) in [5.74, 6) is -0.340. The predicted molar refractivity (Wildman–Crippen MR) is 72.7 cm³/mol. The van der Waals surface area contributed by atoms with Crippen LogP contribution in [-0.4, -0.2) is 20.3 Å². The van der Waals surface area contributed by atoms with Gasteiger partial charge in [-0.1, -0.05) is 0 Å². The Morgan fingerprint density at radius 3 is 2.82 bits per heavy atom. The molecule has 1 rings (SSSR count). The van der Waals surface area contributed by atoms with Crippen LogP contribution in [0.4, 0.5) is 15.8 Å². The molecule has 0 bridgehead atoms. The van der Waals surface area contributed by atoms with Crippen molar-refractivity contribution in [1.82, 2.24) is 0 Å². The maximum Gasteiger partial charge on any atom is 0.139 e. The van der Waals surface area contributed by atoms with Gasteiger partial charge in [0.15, 0.2) is 0 Å². The van der Waals surface area contributed by atoms with Gasteiger partial charge in [-0.15, -0.1) is 0 Å². The molecule has 0 heterocycles. The van der Waals surface area contributed by atoms with Crippen LogP contribution in [0.25, 0.3) is 0 Å². The number of ether oxygens (including phenoxy) is 1. The first-order valence-corrected chi connectivity index (χ1v) is 6.41. The van der Waals surface area contributed by atoms with Crippen molar-refractivity contribution in [1.29, 1.82) is 0 Å². The van der Waals surface area contributed by atoms with Gasteiger partial charge in [0.1, 0.15) is 5.82 Å². The average molecular weight is 305 g/mol. The van der Waals surface area contributed by atoms with Gasteiger partial charge in [-0.2, -0.15) is 0 Å². The number of nitrogens with one attached hydrogen (secondary N) is 1. The monoisotopic (exact) mass is 304 g/mol. The maximum atomic E-state index is 13.1. The second-order valence-corrected chi connectivity index (χ2v) is 4.69. The molecule has 96 valence electrons. The van der Waals surface area contributed by atoms with Crippen molar-refractivity contribution in [2.24, 2.45) is 0 Å². The molecule has 0 amide bonds. The first-order valence-electron chi connectivity index (χ1n) is 5.62. The number of nitrogen functional groups attached to an aromatic ring is 1. The van der Waals surface area contributed by atoms with E-state index in [2.05, 4.69) is 21.2 Å². The van der Waals surface area contributed by atoms with Gasteiger partial charge < -0.3 is 15.8 Å². The van der Waals surface area contributed by atoms with E-state index in [1.165, 1.54) is 6.07 Å². The largest absolute Gasteiger partial charge is 0.397 e. The molecule has 5 heteroatoms. The second kappa shape index (κ2) is 7.50. The van der Waals surface area contributed by atoms with E-state index in [9.17, 15) is 4.39 Å². The van der Waals surface area contributed by atoms with E-state index < -0.39 is 0 Å². The average Bonchev–Trinajstić information content (AvgIpc) is 2.30. The maximum absolute atomic E-state index is 13.1. The van der Waals surface area contributed by atoms with Crippen LogP contribution in [-0.2, 0) is 4.74 Å². The van der Waals surface area contributed by atoms with Crippen LogP contribution in [0.5, 0.6) is 0 Å². The lowest BCUT2D eigenvalue weighted by molar-refractivity contribution is 0.192. The summed E-state index contributed by atoms with van der Waals surface area (Å²) in [6, 6.07) is 2.98. The fourth-order valence-electron chi connectivity index (χ4n) is 1.49. The molecular formula is C12H18BrFN2O. The van der Waals surface area contributed by atoms with Gasteiger partial charge >= 0.3 is 0 Å². The minimum absolute atomic E-state index is 0.340. The zero-order chi connectivity index (χ0) is 12.7. The molecule has 0 aliphatic carbocycles. The Morgan fingerprint density at radius 1 is 1.35 bits per heavy atom. The molecule has 0 saturated carbocycles. The molecule has 0 radical (unpaired) electrons. The molecule has 3 N–H and O–H groups in total. The Labute approximate surface area is 110 Å². The van der Waals surface area contributed by atoms with Crippen LogP contribution in [0, 0.1) is 5.82 Å². The van der Waals surface area contributed by atoms with E-state index in [1.54, 1.807) is 13.2 Å². The van der Waals surface area contributed by atoms with Crippen molar-refractivity contribution in [2.45, 2.75) is 19.3 Å². The topological polar surface area (TPSA) is 47.3 Å². The van der Waals surface area contributed by atoms with Crippen LogP contribution in [0.15, 0.2) is 16.6 Å². The fraction of sp³-hybridized carbons (Fsp3) is 0.500. The van der Waals surface area contributed by atoms with Crippen molar-refractivity contribution in [3.05, 3.63) is 22.4 Å². The summed E-state index contributed by atoms with van der Waals surface area (Å²) >= 11 is 3.14. The van der Waals surface area contributed by atoms with Crippen molar-refractivity contribution in [3.63, 3.8) is 0 Å². The molecule has 17 heavy (non-hydrogen) atoms. The number of benzene rings is 1. The third kappa shape index (κ3) is 4.91. The minimum Gasteiger partial charge on any atom is -0.397 e. The Kier molecular flexibility index (Phi) is 6.29. The van der Waals surface area contributed by atoms with Crippen LogP contribution in [0.2, 0.25) is 0 Å². The van der Waals surface area contributed by atoms with Gasteiger partial charge in [-0.25, -0.2) is 4.39 Å². The van der Waals surface area contributed by atoms with Crippen LogP contribution in [0.1, 0.15) is 19.3 Å². The summed E-state index contributed by atoms with van der Waals surface area (Å²) in [5.41, 5.74) is 6.91. The molecule has 0 unspecified atom stereocenters. The lowest BCUT2D eigenvalue weighted by Gasteiger charge is -2.10. The number of hydrogen-bond acceptors (Lipinski definition) is 3. The van der Waals surface area contributed by atoms with E-state index in [1.807, 2.05) is 0 Å². The molecule has 0 aliphatic rings. The predicted octanol–water partition coefficient (Wildman–Crippen LogP) is 3.40. The molecule has 0 fully saturated rings.